The van der Waals surface area contributed by atoms with Gasteiger partial charge in [0.05, 0.1) is 29.6 Å². The van der Waals surface area contributed by atoms with Gasteiger partial charge in [0.1, 0.15) is 11.4 Å². The molecule has 230 valence electrons. The van der Waals surface area contributed by atoms with Crippen LogP contribution in [0.15, 0.2) is 18.5 Å². The van der Waals surface area contributed by atoms with E-state index in [9.17, 15) is 18.0 Å². The highest BCUT2D eigenvalue weighted by molar-refractivity contribution is 5.91. The summed E-state index contributed by atoms with van der Waals surface area (Å²) in [5, 5.41) is 11.7. The zero-order valence-corrected chi connectivity index (χ0v) is 24.9. The van der Waals surface area contributed by atoms with E-state index in [1.165, 1.54) is 4.90 Å². The highest BCUT2D eigenvalue weighted by Crippen LogP contribution is 2.40. The number of rotatable bonds is 6. The summed E-state index contributed by atoms with van der Waals surface area (Å²) in [5.74, 6) is 0.525. The van der Waals surface area contributed by atoms with Crippen molar-refractivity contribution in [3.63, 3.8) is 0 Å². The highest BCUT2D eigenvalue weighted by Gasteiger charge is 2.38. The SMILES string of the molecule is CCN(C(=O)OC(C)(C)C)c1cc2c(cn1)c(C1CCN(C)CC1)nn2C1CCC(Oc2cn[nH]c2C(F)(F)F)CC1. The van der Waals surface area contributed by atoms with E-state index in [4.69, 9.17) is 14.6 Å². The van der Waals surface area contributed by atoms with Crippen LogP contribution in [0, 0.1) is 0 Å². The number of carbonyl (C=O) groups is 1. The van der Waals surface area contributed by atoms with Gasteiger partial charge in [-0.25, -0.2) is 9.78 Å². The summed E-state index contributed by atoms with van der Waals surface area (Å²) in [5.41, 5.74) is 0.310. The lowest BCUT2D eigenvalue weighted by Crippen LogP contribution is -2.37. The number of amides is 1. The molecule has 0 spiro atoms. The van der Waals surface area contributed by atoms with Crippen molar-refractivity contribution in [1.82, 2.24) is 29.9 Å². The summed E-state index contributed by atoms with van der Waals surface area (Å²) >= 11 is 0. The molecule has 1 N–H and O–H groups in total. The third-order valence-corrected chi connectivity index (χ3v) is 8.09. The first-order chi connectivity index (χ1) is 19.8. The number of fused-ring (bicyclic) bond motifs is 1. The summed E-state index contributed by atoms with van der Waals surface area (Å²) < 4.78 is 53.3. The van der Waals surface area contributed by atoms with Crippen LogP contribution in [0.2, 0.25) is 0 Å². The largest absolute Gasteiger partial charge is 0.486 e. The molecule has 1 saturated carbocycles. The number of piperidine rings is 1. The molecule has 1 aliphatic heterocycles. The molecule has 5 rings (SSSR count). The second kappa shape index (κ2) is 11.7. The van der Waals surface area contributed by atoms with Crippen LogP contribution in [0.5, 0.6) is 5.75 Å². The molecule has 10 nitrogen and oxygen atoms in total. The van der Waals surface area contributed by atoms with E-state index in [0.29, 0.717) is 44.0 Å². The lowest BCUT2D eigenvalue weighted by atomic mass is 9.92. The number of ether oxygens (including phenoxy) is 2. The Bertz CT molecular complexity index is 1380. The predicted octanol–water partition coefficient (Wildman–Crippen LogP) is 6.31. The van der Waals surface area contributed by atoms with Gasteiger partial charge < -0.3 is 14.4 Å². The molecule has 42 heavy (non-hydrogen) atoms. The Kier molecular flexibility index (Phi) is 8.41. The maximum absolute atomic E-state index is 13.3. The smallest absolute Gasteiger partial charge is 0.436 e. The van der Waals surface area contributed by atoms with Crippen molar-refractivity contribution in [3.8, 4) is 5.75 Å². The average Bonchev–Trinajstić information content (AvgIpc) is 3.54. The van der Waals surface area contributed by atoms with Crippen molar-refractivity contribution in [3.05, 3.63) is 29.8 Å². The predicted molar refractivity (Wildman–Crippen MR) is 152 cm³/mol. The van der Waals surface area contributed by atoms with Crippen molar-refractivity contribution in [1.29, 1.82) is 0 Å². The van der Waals surface area contributed by atoms with Crippen LogP contribution in [0.25, 0.3) is 10.9 Å². The molecule has 0 radical (unpaired) electrons. The van der Waals surface area contributed by atoms with Gasteiger partial charge in [-0.3, -0.25) is 14.7 Å². The number of nitrogens with one attached hydrogen (secondary N) is 1. The number of aromatic nitrogens is 5. The van der Waals surface area contributed by atoms with Gasteiger partial charge in [0.2, 0.25) is 0 Å². The normalized spacial score (nSPS) is 21.0. The van der Waals surface area contributed by atoms with Crippen molar-refractivity contribution in [2.24, 2.45) is 0 Å². The molecule has 1 saturated heterocycles. The Morgan fingerprint density at radius 3 is 2.40 bits per heavy atom. The topological polar surface area (TPSA) is 101 Å². The molecule has 0 atom stereocenters. The standard InChI is InChI=1S/C29H40F3N7O3/c1-6-38(27(40)42-28(2,3)4)24-15-22-21(16-33-24)25(18-11-13-37(5)14-12-18)36-39(22)19-7-9-20(10-8-19)41-23-17-34-35-26(23)29(30,31)32/h15-20H,6-14H2,1-5H3,(H,34,35). The zero-order chi connectivity index (χ0) is 30.2. The van der Waals surface area contributed by atoms with Crippen molar-refractivity contribution >= 4 is 22.8 Å². The third kappa shape index (κ3) is 6.50. The minimum atomic E-state index is -4.56. The van der Waals surface area contributed by atoms with E-state index < -0.39 is 23.6 Å². The highest BCUT2D eigenvalue weighted by atomic mass is 19.4. The lowest BCUT2D eigenvalue weighted by molar-refractivity contribution is -0.143. The maximum atomic E-state index is 13.3. The average molecular weight is 592 g/mol. The van der Waals surface area contributed by atoms with Gasteiger partial charge in [0.15, 0.2) is 11.4 Å². The Morgan fingerprint density at radius 1 is 1.10 bits per heavy atom. The molecular weight excluding hydrogens is 551 g/mol. The molecule has 0 unspecified atom stereocenters. The van der Waals surface area contributed by atoms with E-state index in [2.05, 4.69) is 22.0 Å². The second-order valence-corrected chi connectivity index (χ2v) is 12.3. The molecular formula is C29H40F3N7O3. The zero-order valence-electron chi connectivity index (χ0n) is 24.9. The summed E-state index contributed by atoms with van der Waals surface area (Å²) in [6.45, 7) is 9.73. The van der Waals surface area contributed by atoms with Crippen LogP contribution in [0.1, 0.15) is 89.6 Å². The molecule has 3 aromatic heterocycles. The van der Waals surface area contributed by atoms with Crippen molar-refractivity contribution in [2.45, 2.75) is 96.1 Å². The molecule has 0 aromatic carbocycles. The molecule has 4 heterocycles. The molecule has 13 heteroatoms. The van der Waals surface area contributed by atoms with E-state index in [-0.39, 0.29) is 17.9 Å². The number of hydrogen-bond acceptors (Lipinski definition) is 7. The van der Waals surface area contributed by atoms with Crippen LogP contribution in [-0.2, 0) is 10.9 Å². The fourth-order valence-corrected chi connectivity index (χ4v) is 5.91. The first kappa shape index (κ1) is 30.1. The summed E-state index contributed by atoms with van der Waals surface area (Å²) in [6.07, 6.45) is 2.06. The quantitative estimate of drug-likeness (QED) is 0.359. The van der Waals surface area contributed by atoms with Crippen LogP contribution in [0.3, 0.4) is 0 Å². The lowest BCUT2D eigenvalue weighted by Gasteiger charge is -2.30. The number of anilines is 1. The van der Waals surface area contributed by atoms with Crippen LogP contribution in [-0.4, -0.2) is 74.3 Å². The Hall–Kier alpha value is -3.35. The number of aromatic amines is 1. The van der Waals surface area contributed by atoms with Gasteiger partial charge in [-0.2, -0.15) is 23.4 Å². The number of alkyl halides is 3. The van der Waals surface area contributed by atoms with Gasteiger partial charge in [-0.1, -0.05) is 0 Å². The van der Waals surface area contributed by atoms with Gasteiger partial charge in [0.25, 0.3) is 0 Å². The number of nitrogens with zero attached hydrogens (tertiary/aromatic N) is 6. The van der Waals surface area contributed by atoms with Crippen LogP contribution in [0.4, 0.5) is 23.8 Å². The maximum Gasteiger partial charge on any atom is 0.436 e. The summed E-state index contributed by atoms with van der Waals surface area (Å²) in [4.78, 5) is 21.5. The number of carbonyl (C=O) groups excluding carboxylic acids is 1. The molecule has 2 fully saturated rings. The Balaban J connectivity index is 1.42. The molecule has 1 amide bonds. The molecule has 3 aromatic rings. The van der Waals surface area contributed by atoms with Gasteiger partial charge in [0, 0.05) is 30.1 Å². The molecule has 1 aliphatic carbocycles. The van der Waals surface area contributed by atoms with Crippen LogP contribution < -0.4 is 9.64 Å². The monoisotopic (exact) mass is 591 g/mol. The van der Waals surface area contributed by atoms with Gasteiger partial charge >= 0.3 is 12.3 Å². The first-order valence-electron chi connectivity index (χ1n) is 14.7. The van der Waals surface area contributed by atoms with E-state index in [1.807, 2.05) is 49.7 Å². The number of halogens is 3. The first-order valence-corrected chi connectivity index (χ1v) is 14.7. The van der Waals surface area contributed by atoms with E-state index >= 15 is 0 Å². The van der Waals surface area contributed by atoms with Crippen molar-refractivity contribution in [2.75, 3.05) is 31.6 Å². The molecule has 2 aliphatic rings. The number of pyridine rings is 1. The molecule has 0 bridgehead atoms. The minimum absolute atomic E-state index is 0.0330. The number of likely N-dealkylation sites (tertiary alicyclic amines) is 1. The fraction of sp³-hybridized carbons (Fsp3) is 0.655. The van der Waals surface area contributed by atoms with E-state index in [1.54, 1.807) is 0 Å². The van der Waals surface area contributed by atoms with Crippen molar-refractivity contribution < 1.29 is 27.4 Å². The third-order valence-electron chi connectivity index (χ3n) is 8.09. The summed E-state index contributed by atoms with van der Waals surface area (Å²) in [7, 11) is 2.12. The van der Waals surface area contributed by atoms with Gasteiger partial charge in [-0.15, -0.1) is 0 Å². The fourth-order valence-electron chi connectivity index (χ4n) is 5.91. The van der Waals surface area contributed by atoms with Crippen LogP contribution >= 0.6 is 0 Å². The number of H-pyrrole nitrogens is 1. The minimum Gasteiger partial charge on any atom is -0.486 e. The summed E-state index contributed by atoms with van der Waals surface area (Å²) in [6, 6.07) is 1.95. The van der Waals surface area contributed by atoms with Gasteiger partial charge in [-0.05, 0) is 86.4 Å². The number of hydrogen-bond donors (Lipinski definition) is 1. The Labute approximate surface area is 243 Å². The second-order valence-electron chi connectivity index (χ2n) is 12.3. The Morgan fingerprint density at radius 2 is 1.79 bits per heavy atom. The van der Waals surface area contributed by atoms with E-state index in [0.717, 1.165) is 48.7 Å².